The van der Waals surface area contributed by atoms with E-state index < -0.39 is 5.91 Å². The molecule has 0 unspecified atom stereocenters. The maximum absolute atomic E-state index is 12.9. The molecular weight excluding hydrogens is 440 g/mol. The van der Waals surface area contributed by atoms with Crippen LogP contribution in [0.4, 0.5) is 0 Å². The van der Waals surface area contributed by atoms with Crippen molar-refractivity contribution in [1.82, 2.24) is 10.4 Å². The molecule has 7 heteroatoms. The summed E-state index contributed by atoms with van der Waals surface area (Å²) in [7, 11) is 0. The summed E-state index contributed by atoms with van der Waals surface area (Å²) in [5, 5.41) is 1.11. The van der Waals surface area contributed by atoms with E-state index in [1.54, 1.807) is 30.3 Å². The van der Waals surface area contributed by atoms with Gasteiger partial charge in [-0.25, -0.2) is 0 Å². The van der Waals surface area contributed by atoms with Gasteiger partial charge in [-0.2, -0.15) is 5.01 Å². The van der Waals surface area contributed by atoms with Crippen LogP contribution in [0.25, 0.3) is 6.08 Å². The van der Waals surface area contributed by atoms with Gasteiger partial charge in [0.15, 0.2) is 4.32 Å². The first-order valence-electron chi connectivity index (χ1n) is 9.92. The van der Waals surface area contributed by atoms with Gasteiger partial charge in [0.25, 0.3) is 11.8 Å². The Balaban J connectivity index is 1.50. The Morgan fingerprint density at radius 3 is 2.59 bits per heavy atom. The average molecular weight is 461 g/mol. The zero-order valence-electron chi connectivity index (χ0n) is 17.3. The molecule has 5 nitrogen and oxygen atoms in total. The summed E-state index contributed by atoms with van der Waals surface area (Å²) in [6, 6.07) is 24.3. The molecule has 1 saturated heterocycles. The van der Waals surface area contributed by atoms with Gasteiger partial charge in [0.2, 0.25) is 0 Å². The summed E-state index contributed by atoms with van der Waals surface area (Å²) in [5.41, 5.74) is 6.02. The lowest BCUT2D eigenvalue weighted by molar-refractivity contribution is -0.123. The van der Waals surface area contributed by atoms with Crippen LogP contribution >= 0.6 is 24.0 Å². The maximum atomic E-state index is 12.9. The van der Waals surface area contributed by atoms with Crippen LogP contribution in [0.2, 0.25) is 0 Å². The Morgan fingerprint density at radius 2 is 1.81 bits per heavy atom. The number of nitrogens with zero attached hydrogens (tertiary/aromatic N) is 1. The molecule has 4 rings (SSSR count). The van der Waals surface area contributed by atoms with E-state index in [0.29, 0.717) is 22.8 Å². The second kappa shape index (κ2) is 9.80. The quantitative estimate of drug-likeness (QED) is 0.409. The van der Waals surface area contributed by atoms with E-state index >= 15 is 0 Å². The van der Waals surface area contributed by atoms with Crippen molar-refractivity contribution in [3.8, 4) is 5.75 Å². The van der Waals surface area contributed by atoms with Crippen LogP contribution in [0, 0.1) is 6.92 Å². The Kier molecular flexibility index (Phi) is 6.68. The SMILES string of the molecule is Cc1cccc(COc2ccccc2C=C2SC(=S)N(NC(=O)c3ccccc3)C2=O)c1. The van der Waals surface area contributed by atoms with Gasteiger partial charge in [-0.3, -0.25) is 15.0 Å². The van der Waals surface area contributed by atoms with Crippen molar-refractivity contribution in [2.24, 2.45) is 0 Å². The van der Waals surface area contributed by atoms with Crippen molar-refractivity contribution in [1.29, 1.82) is 0 Å². The molecule has 1 aliphatic heterocycles. The van der Waals surface area contributed by atoms with E-state index in [0.717, 1.165) is 27.9 Å². The Morgan fingerprint density at radius 1 is 1.06 bits per heavy atom. The second-order valence-corrected chi connectivity index (χ2v) is 8.82. The van der Waals surface area contributed by atoms with Gasteiger partial charge in [0.05, 0.1) is 4.91 Å². The standard InChI is InChI=1S/C25H20N2O3S2/c1-17-8-7-9-18(14-17)16-30-21-13-6-5-12-20(21)15-22-24(29)27(25(31)32-22)26-23(28)19-10-3-2-4-11-19/h2-15H,16H2,1H3,(H,26,28). The van der Waals surface area contributed by atoms with E-state index in [1.807, 2.05) is 55.5 Å². The monoisotopic (exact) mass is 460 g/mol. The number of hydrogen-bond acceptors (Lipinski definition) is 5. The number of rotatable bonds is 6. The molecular formula is C25H20N2O3S2. The number of ether oxygens (including phenoxy) is 1. The third kappa shape index (κ3) is 5.07. The predicted octanol–water partition coefficient (Wildman–Crippen LogP) is 5.12. The predicted molar refractivity (Wildman–Crippen MR) is 131 cm³/mol. The van der Waals surface area contributed by atoms with Crippen LogP contribution in [0.1, 0.15) is 27.0 Å². The highest BCUT2D eigenvalue weighted by Crippen LogP contribution is 2.33. The number of amides is 2. The summed E-state index contributed by atoms with van der Waals surface area (Å²) in [6.45, 7) is 2.45. The smallest absolute Gasteiger partial charge is 0.285 e. The normalized spacial score (nSPS) is 14.7. The van der Waals surface area contributed by atoms with Crippen LogP contribution < -0.4 is 10.2 Å². The number of aryl methyl sites for hydroxylation is 1. The molecule has 0 radical (unpaired) electrons. The van der Waals surface area contributed by atoms with Crippen LogP contribution in [0.3, 0.4) is 0 Å². The van der Waals surface area contributed by atoms with Gasteiger partial charge in [-0.1, -0.05) is 78.0 Å². The lowest BCUT2D eigenvalue weighted by Crippen LogP contribution is -2.44. The van der Waals surface area contributed by atoms with Crippen molar-refractivity contribution in [2.75, 3.05) is 0 Å². The summed E-state index contributed by atoms with van der Waals surface area (Å²) in [4.78, 5) is 25.8. The number of thioether (sulfide) groups is 1. The van der Waals surface area contributed by atoms with Gasteiger partial charge < -0.3 is 4.74 Å². The lowest BCUT2D eigenvalue weighted by atomic mass is 10.1. The third-order valence-electron chi connectivity index (χ3n) is 4.73. The van der Waals surface area contributed by atoms with E-state index in [-0.39, 0.29) is 10.2 Å². The second-order valence-electron chi connectivity index (χ2n) is 7.14. The Labute approximate surface area is 196 Å². The number of hydrogen-bond donors (Lipinski definition) is 1. The van der Waals surface area contributed by atoms with E-state index in [1.165, 1.54) is 5.56 Å². The van der Waals surface area contributed by atoms with Gasteiger partial charge >= 0.3 is 0 Å². The number of para-hydroxylation sites is 1. The van der Waals surface area contributed by atoms with Gasteiger partial charge in [-0.15, -0.1) is 0 Å². The molecule has 0 bridgehead atoms. The van der Waals surface area contributed by atoms with Crippen LogP contribution in [0.5, 0.6) is 5.75 Å². The van der Waals surface area contributed by atoms with Crippen molar-refractivity contribution >= 4 is 46.2 Å². The van der Waals surface area contributed by atoms with Crippen LogP contribution in [0.15, 0.2) is 83.8 Å². The first-order valence-corrected chi connectivity index (χ1v) is 11.1. The number of benzene rings is 3. The zero-order chi connectivity index (χ0) is 22.5. The highest BCUT2D eigenvalue weighted by molar-refractivity contribution is 8.26. The minimum Gasteiger partial charge on any atom is -0.488 e. The van der Waals surface area contributed by atoms with Gasteiger partial charge in [0.1, 0.15) is 12.4 Å². The van der Waals surface area contributed by atoms with E-state index in [4.69, 9.17) is 17.0 Å². The fraction of sp³-hybridized carbons (Fsp3) is 0.0800. The summed E-state index contributed by atoms with van der Waals surface area (Å²) < 4.78 is 6.29. The Bertz CT molecular complexity index is 1210. The third-order valence-corrected chi connectivity index (χ3v) is 6.03. The molecule has 0 spiro atoms. The van der Waals surface area contributed by atoms with Crippen LogP contribution in [-0.2, 0) is 11.4 Å². The first kappa shape index (κ1) is 21.8. The van der Waals surface area contributed by atoms with Gasteiger partial charge in [0, 0.05) is 11.1 Å². The molecule has 0 aliphatic carbocycles. The minimum atomic E-state index is -0.398. The molecule has 0 saturated carbocycles. The summed E-state index contributed by atoms with van der Waals surface area (Å²) >= 11 is 6.46. The highest BCUT2D eigenvalue weighted by atomic mass is 32.2. The van der Waals surface area contributed by atoms with Gasteiger partial charge in [-0.05, 0) is 49.0 Å². The fourth-order valence-corrected chi connectivity index (χ4v) is 4.33. The molecule has 2 amide bonds. The number of thiocarbonyl (C=S) groups is 1. The minimum absolute atomic E-state index is 0.267. The number of carbonyl (C=O) groups excluding carboxylic acids is 2. The molecule has 160 valence electrons. The van der Waals surface area contributed by atoms with Crippen molar-refractivity contribution in [3.05, 3.63) is 106 Å². The lowest BCUT2D eigenvalue weighted by Gasteiger charge is -2.15. The van der Waals surface area contributed by atoms with Crippen molar-refractivity contribution in [2.45, 2.75) is 13.5 Å². The highest BCUT2D eigenvalue weighted by Gasteiger charge is 2.34. The molecule has 3 aromatic carbocycles. The molecule has 1 heterocycles. The average Bonchev–Trinajstić information content (AvgIpc) is 3.06. The van der Waals surface area contributed by atoms with E-state index in [2.05, 4.69) is 11.5 Å². The number of carbonyl (C=O) groups is 2. The van der Waals surface area contributed by atoms with Crippen LogP contribution in [-0.4, -0.2) is 21.1 Å². The number of hydrazine groups is 1. The molecule has 1 N–H and O–H groups in total. The maximum Gasteiger partial charge on any atom is 0.285 e. The molecule has 1 fully saturated rings. The number of nitrogens with one attached hydrogen (secondary N) is 1. The first-order chi connectivity index (χ1) is 15.5. The van der Waals surface area contributed by atoms with E-state index in [9.17, 15) is 9.59 Å². The summed E-state index contributed by atoms with van der Waals surface area (Å²) in [6.07, 6.45) is 1.74. The molecule has 3 aromatic rings. The van der Waals surface area contributed by atoms with Crippen molar-refractivity contribution in [3.63, 3.8) is 0 Å². The molecule has 0 aromatic heterocycles. The largest absolute Gasteiger partial charge is 0.488 e. The topological polar surface area (TPSA) is 58.6 Å². The molecule has 32 heavy (non-hydrogen) atoms. The molecule has 1 aliphatic rings. The summed E-state index contributed by atoms with van der Waals surface area (Å²) in [5.74, 6) is -0.115. The fourth-order valence-electron chi connectivity index (χ4n) is 3.16. The zero-order valence-corrected chi connectivity index (χ0v) is 18.9. The Hall–Kier alpha value is -3.42. The molecule has 0 atom stereocenters. The van der Waals surface area contributed by atoms with Crippen molar-refractivity contribution < 1.29 is 14.3 Å².